The minimum Gasteiger partial charge on any atom is -0.369 e. The molecule has 146 valence electrons. The lowest BCUT2D eigenvalue weighted by atomic mass is 9.95. The molecule has 0 aliphatic carbocycles. The highest BCUT2D eigenvalue weighted by Gasteiger charge is 2.45. The third-order valence-electron chi connectivity index (χ3n) is 6.09. The highest BCUT2D eigenvalue weighted by molar-refractivity contribution is 8.14. The fourth-order valence-electron chi connectivity index (χ4n) is 4.63. The first-order chi connectivity index (χ1) is 13.8. The van der Waals surface area contributed by atoms with Gasteiger partial charge in [-0.05, 0) is 49.1 Å². The Hall–Kier alpha value is -2.08. The van der Waals surface area contributed by atoms with Gasteiger partial charge in [0.2, 0.25) is 0 Å². The number of thioether (sulfide) groups is 1. The first-order valence-electron chi connectivity index (χ1n) is 10.2. The Kier molecular flexibility index (Phi) is 4.75. The smallest absolute Gasteiger partial charge is 0.160 e. The molecule has 0 N–H and O–H groups in total. The van der Waals surface area contributed by atoms with Crippen molar-refractivity contribution < 1.29 is 4.39 Å². The van der Waals surface area contributed by atoms with Gasteiger partial charge in [-0.25, -0.2) is 4.39 Å². The van der Waals surface area contributed by atoms with Crippen LogP contribution < -0.4 is 4.90 Å². The molecule has 0 radical (unpaired) electrons. The summed E-state index contributed by atoms with van der Waals surface area (Å²) in [7, 11) is 0. The molecule has 28 heavy (non-hydrogen) atoms. The van der Waals surface area contributed by atoms with Gasteiger partial charge < -0.3 is 9.80 Å². The summed E-state index contributed by atoms with van der Waals surface area (Å²) < 4.78 is 15.1. The molecule has 1 aromatic heterocycles. The number of rotatable bonds is 4. The van der Waals surface area contributed by atoms with Crippen molar-refractivity contribution in [3.8, 4) is 0 Å². The molecular weight excluding hydrogens is 371 g/mol. The summed E-state index contributed by atoms with van der Waals surface area (Å²) in [6, 6.07) is 12.1. The number of aromatic nitrogens is 1. The molecule has 4 heterocycles. The van der Waals surface area contributed by atoms with Crippen LogP contribution in [0.15, 0.2) is 47.6 Å². The van der Waals surface area contributed by atoms with E-state index < -0.39 is 0 Å². The second-order valence-electron chi connectivity index (χ2n) is 7.74. The van der Waals surface area contributed by atoms with Gasteiger partial charge in [0.15, 0.2) is 5.17 Å². The van der Waals surface area contributed by atoms with E-state index in [0.717, 1.165) is 60.2 Å². The van der Waals surface area contributed by atoms with E-state index in [0.29, 0.717) is 6.04 Å². The maximum atomic E-state index is 15.1. The fourth-order valence-corrected chi connectivity index (χ4v) is 5.97. The van der Waals surface area contributed by atoms with Crippen LogP contribution in [-0.2, 0) is 0 Å². The number of anilines is 1. The number of hydrogen-bond acceptors (Lipinski definition) is 5. The van der Waals surface area contributed by atoms with Crippen molar-refractivity contribution in [3.63, 3.8) is 0 Å². The molecule has 0 unspecified atom stereocenters. The van der Waals surface area contributed by atoms with E-state index in [1.165, 1.54) is 0 Å². The van der Waals surface area contributed by atoms with Crippen molar-refractivity contribution in [1.29, 1.82) is 0 Å². The molecule has 3 aliphatic heterocycles. The lowest BCUT2D eigenvalue weighted by Gasteiger charge is -2.32. The summed E-state index contributed by atoms with van der Waals surface area (Å²) in [4.78, 5) is 14.2. The topological polar surface area (TPSA) is 31.7 Å². The molecule has 6 heteroatoms. The van der Waals surface area contributed by atoms with E-state index in [9.17, 15) is 0 Å². The lowest BCUT2D eigenvalue weighted by Crippen LogP contribution is -2.35. The highest BCUT2D eigenvalue weighted by Crippen LogP contribution is 2.48. The van der Waals surface area contributed by atoms with E-state index in [2.05, 4.69) is 27.8 Å². The molecule has 2 aromatic rings. The summed E-state index contributed by atoms with van der Waals surface area (Å²) in [5.74, 6) is 0.933. The zero-order valence-electron chi connectivity index (χ0n) is 16.1. The van der Waals surface area contributed by atoms with Crippen LogP contribution in [-0.4, -0.2) is 39.9 Å². The molecule has 2 saturated heterocycles. The Labute approximate surface area is 169 Å². The summed E-state index contributed by atoms with van der Waals surface area (Å²) >= 11 is 1.82. The van der Waals surface area contributed by atoms with Gasteiger partial charge in [0, 0.05) is 31.1 Å². The number of benzene rings is 1. The minimum atomic E-state index is -0.118. The van der Waals surface area contributed by atoms with Gasteiger partial charge in [-0.3, -0.25) is 9.98 Å². The Morgan fingerprint density at radius 3 is 2.75 bits per heavy atom. The second kappa shape index (κ2) is 7.39. The van der Waals surface area contributed by atoms with Crippen LogP contribution in [0.25, 0.3) is 0 Å². The highest BCUT2D eigenvalue weighted by atomic mass is 32.2. The van der Waals surface area contributed by atoms with Crippen LogP contribution in [0.2, 0.25) is 0 Å². The van der Waals surface area contributed by atoms with Crippen molar-refractivity contribution in [2.24, 2.45) is 4.99 Å². The number of fused-ring (bicyclic) bond motifs is 1. The van der Waals surface area contributed by atoms with Gasteiger partial charge in [-0.1, -0.05) is 30.8 Å². The summed E-state index contributed by atoms with van der Waals surface area (Å²) in [5, 5.41) is 1.08. The Balaban J connectivity index is 1.54. The van der Waals surface area contributed by atoms with Crippen LogP contribution in [0.1, 0.15) is 49.5 Å². The number of nitrogens with zero attached hydrogens (tertiary/aromatic N) is 4. The van der Waals surface area contributed by atoms with Crippen LogP contribution in [0.4, 0.5) is 10.1 Å². The van der Waals surface area contributed by atoms with Crippen molar-refractivity contribution in [2.75, 3.05) is 23.7 Å². The normalized spacial score (nSPS) is 26.6. The quantitative estimate of drug-likeness (QED) is 0.743. The predicted octanol–water partition coefficient (Wildman–Crippen LogP) is 4.80. The fraction of sp³-hybridized carbons (Fsp3) is 0.455. The van der Waals surface area contributed by atoms with Crippen molar-refractivity contribution in [2.45, 2.75) is 44.3 Å². The van der Waals surface area contributed by atoms with Crippen LogP contribution in [0, 0.1) is 5.82 Å². The lowest BCUT2D eigenvalue weighted by molar-refractivity contribution is 0.255. The number of pyridine rings is 1. The molecule has 3 atom stereocenters. The van der Waals surface area contributed by atoms with E-state index in [1.54, 1.807) is 6.07 Å². The molecule has 0 amide bonds. The van der Waals surface area contributed by atoms with Gasteiger partial charge in [0.1, 0.15) is 11.9 Å². The summed E-state index contributed by atoms with van der Waals surface area (Å²) in [5.41, 5.74) is 2.68. The molecule has 5 rings (SSSR count). The van der Waals surface area contributed by atoms with Crippen molar-refractivity contribution >= 4 is 22.6 Å². The molecule has 0 saturated carbocycles. The maximum Gasteiger partial charge on any atom is 0.160 e. The largest absolute Gasteiger partial charge is 0.369 e. The zero-order valence-corrected chi connectivity index (χ0v) is 16.9. The summed E-state index contributed by atoms with van der Waals surface area (Å²) in [6.07, 6.45) is 5.17. The second-order valence-corrected chi connectivity index (χ2v) is 8.73. The Morgan fingerprint density at radius 1 is 1.18 bits per heavy atom. The van der Waals surface area contributed by atoms with Crippen LogP contribution in [0.5, 0.6) is 0 Å². The van der Waals surface area contributed by atoms with E-state index in [1.807, 2.05) is 42.2 Å². The number of halogens is 1. The standard InChI is InChI=1S/C22H25FN4S/c1-2-16-14-28-22-25-20(18-7-3-4-10-24-18)21(27(16)22)15-8-9-19(17(23)13-15)26-11-5-6-12-26/h3-4,7-10,13,16,20-21H,2,5-6,11-12,14H2,1H3/t16-,20+,21-/m1/s1. The Bertz CT molecular complexity index is 881. The number of aliphatic imine (C=N–C) groups is 1. The van der Waals surface area contributed by atoms with E-state index >= 15 is 4.39 Å². The molecule has 1 aromatic carbocycles. The molecule has 3 aliphatic rings. The Morgan fingerprint density at radius 2 is 2.04 bits per heavy atom. The number of hydrogen-bond donors (Lipinski definition) is 0. The predicted molar refractivity (Wildman–Crippen MR) is 113 cm³/mol. The molecule has 0 bridgehead atoms. The summed E-state index contributed by atoms with van der Waals surface area (Å²) in [6.45, 7) is 4.12. The molecule has 2 fully saturated rings. The molecular formula is C22H25FN4S. The minimum absolute atomic E-state index is 0.00646. The van der Waals surface area contributed by atoms with E-state index in [4.69, 9.17) is 4.99 Å². The SMILES string of the molecule is CC[C@@H]1CSC2=N[C@@H](c3ccccn3)[C@@H](c3ccc(N4CCCC4)c(F)c3)N21. The van der Waals surface area contributed by atoms with Crippen LogP contribution >= 0.6 is 11.8 Å². The first kappa shape index (κ1) is 18.0. The molecule has 0 spiro atoms. The third-order valence-corrected chi connectivity index (χ3v) is 7.22. The first-order valence-corrected chi connectivity index (χ1v) is 11.2. The van der Waals surface area contributed by atoms with Gasteiger partial charge in [-0.2, -0.15) is 0 Å². The van der Waals surface area contributed by atoms with Gasteiger partial charge in [0.25, 0.3) is 0 Å². The van der Waals surface area contributed by atoms with E-state index in [-0.39, 0.29) is 17.9 Å². The molecule has 4 nitrogen and oxygen atoms in total. The zero-order chi connectivity index (χ0) is 19.1. The monoisotopic (exact) mass is 396 g/mol. The van der Waals surface area contributed by atoms with Gasteiger partial charge in [-0.15, -0.1) is 0 Å². The van der Waals surface area contributed by atoms with Gasteiger partial charge in [0.05, 0.1) is 17.4 Å². The van der Waals surface area contributed by atoms with Crippen molar-refractivity contribution in [3.05, 3.63) is 59.7 Å². The number of amidine groups is 1. The maximum absolute atomic E-state index is 15.1. The third kappa shape index (κ3) is 2.98. The average molecular weight is 397 g/mol. The van der Waals surface area contributed by atoms with Gasteiger partial charge >= 0.3 is 0 Å². The van der Waals surface area contributed by atoms with Crippen molar-refractivity contribution in [1.82, 2.24) is 9.88 Å². The average Bonchev–Trinajstić information content (AvgIpc) is 3.45. The van der Waals surface area contributed by atoms with Crippen LogP contribution in [0.3, 0.4) is 0 Å².